The molecule has 15 heteroatoms. The highest BCUT2D eigenvalue weighted by atomic mass is 16.5. The lowest BCUT2D eigenvalue weighted by molar-refractivity contribution is -0.120. The van der Waals surface area contributed by atoms with Crippen LogP contribution < -0.4 is 14.0 Å². The van der Waals surface area contributed by atoms with Crippen LogP contribution in [0.1, 0.15) is 155 Å². The second-order valence-corrected chi connectivity index (χ2v) is 15.9. The number of fused-ring (bicyclic) bond motifs is 3. The molecule has 326 valence electrons. The molecule has 0 saturated carbocycles. The summed E-state index contributed by atoms with van der Waals surface area (Å²) in [6.45, 7) is 10.2. The Morgan fingerprint density at radius 1 is 0.525 bits per heavy atom. The fraction of sp³-hybridized carbons (Fsp3) is 0.478. The van der Waals surface area contributed by atoms with Crippen LogP contribution in [0.25, 0.3) is 0 Å². The fourth-order valence-electron chi connectivity index (χ4n) is 7.68. The van der Waals surface area contributed by atoms with Crippen LogP contribution in [0.3, 0.4) is 0 Å². The normalized spacial score (nSPS) is 17.1. The van der Waals surface area contributed by atoms with Gasteiger partial charge >= 0.3 is 21.4 Å². The second-order valence-electron chi connectivity index (χ2n) is 15.9. The van der Waals surface area contributed by atoms with Crippen molar-refractivity contribution >= 4 is 56.1 Å². The number of ketones is 6. The molecule has 0 bridgehead atoms. The first-order chi connectivity index (χ1) is 28.6. The van der Waals surface area contributed by atoms with Gasteiger partial charge in [-0.3, -0.25) is 28.8 Å². The average molecular weight is 838 g/mol. The van der Waals surface area contributed by atoms with Gasteiger partial charge < -0.3 is 29.0 Å². The minimum Gasteiger partial charge on any atom is -0.535 e. The molecule has 0 amide bonds. The highest BCUT2D eigenvalue weighted by Gasteiger charge is 2.39. The third kappa shape index (κ3) is 13.8. The minimum atomic E-state index is -1.02. The number of unbranched alkanes of at least 4 members (excludes halogenated alkanes) is 1. The van der Waals surface area contributed by atoms with Gasteiger partial charge in [0.15, 0.2) is 17.3 Å². The fourth-order valence-corrected chi connectivity index (χ4v) is 7.68. The smallest absolute Gasteiger partial charge is 0.526 e. The lowest BCUT2D eigenvalue weighted by Gasteiger charge is -2.28. The maximum Gasteiger partial charge on any atom is 0.526 e. The SMILES string of the molecule is C.CCC(=O)CC1Cc2cccc(C(C)=O)c2OB1O.CCCC(=O)CC1Cc2cccc(C(C)=O)c2OB1O.CCCCC(=O)CC1Cc2cccc(C(C)=O)c2OB1O. The summed E-state index contributed by atoms with van der Waals surface area (Å²) < 4.78 is 16.5. The molecule has 0 fully saturated rings. The number of carbonyl (C=O) groups excluding carboxylic acids is 6. The van der Waals surface area contributed by atoms with E-state index in [1.165, 1.54) is 20.8 Å². The Hall–Kier alpha value is -4.85. The predicted octanol–water partition coefficient (Wildman–Crippen LogP) is 7.94. The second kappa shape index (κ2) is 24.0. The summed E-state index contributed by atoms with van der Waals surface area (Å²) in [5, 5.41) is 30.1. The first kappa shape index (κ1) is 50.5. The largest absolute Gasteiger partial charge is 0.535 e. The zero-order valence-corrected chi connectivity index (χ0v) is 35.7. The molecule has 3 atom stereocenters. The number of carbonyl (C=O) groups is 6. The van der Waals surface area contributed by atoms with E-state index in [1.54, 1.807) is 31.2 Å². The van der Waals surface area contributed by atoms with Crippen molar-refractivity contribution in [2.45, 2.75) is 143 Å². The summed E-state index contributed by atoms with van der Waals surface area (Å²) in [6, 6.07) is 16.1. The summed E-state index contributed by atoms with van der Waals surface area (Å²) in [7, 11) is -3.07. The number of rotatable bonds is 15. The summed E-state index contributed by atoms with van der Waals surface area (Å²) in [6.07, 6.45) is 6.87. The van der Waals surface area contributed by atoms with Crippen molar-refractivity contribution in [1.29, 1.82) is 0 Å². The molecule has 6 rings (SSSR count). The van der Waals surface area contributed by atoms with Crippen LogP contribution in [-0.2, 0) is 33.6 Å². The van der Waals surface area contributed by atoms with Gasteiger partial charge in [-0.05, 0) is 87.8 Å². The van der Waals surface area contributed by atoms with E-state index in [4.69, 9.17) is 14.0 Å². The average Bonchev–Trinajstić information content (AvgIpc) is 3.20. The van der Waals surface area contributed by atoms with Gasteiger partial charge in [0, 0.05) is 56.0 Å². The van der Waals surface area contributed by atoms with Gasteiger partial charge in [-0.25, -0.2) is 0 Å². The molecule has 3 heterocycles. The van der Waals surface area contributed by atoms with Crippen LogP contribution in [0.15, 0.2) is 54.6 Å². The maximum atomic E-state index is 11.9. The molecule has 12 nitrogen and oxygen atoms in total. The molecule has 3 aliphatic heterocycles. The van der Waals surface area contributed by atoms with Crippen molar-refractivity contribution in [3.05, 3.63) is 88.0 Å². The lowest BCUT2D eigenvalue weighted by Crippen LogP contribution is -2.35. The number of Topliss-reactive ketones (excluding diaryl/α,β-unsaturated/α-hetero) is 6. The van der Waals surface area contributed by atoms with Crippen LogP contribution in [0.4, 0.5) is 0 Å². The topological polar surface area (TPSA) is 191 Å². The number of hydrogen-bond donors (Lipinski definition) is 3. The van der Waals surface area contributed by atoms with Crippen molar-refractivity contribution in [2.24, 2.45) is 0 Å². The van der Waals surface area contributed by atoms with Crippen molar-refractivity contribution in [1.82, 2.24) is 0 Å². The Bertz CT molecular complexity index is 2030. The molecule has 3 aromatic rings. The lowest BCUT2D eigenvalue weighted by atomic mass is 9.64. The van der Waals surface area contributed by atoms with E-state index in [9.17, 15) is 43.8 Å². The van der Waals surface area contributed by atoms with E-state index in [0.29, 0.717) is 91.7 Å². The standard InChI is InChI=1S/C16H21BO4.C15H19BO4.C14H17BO4.CH4/c1-3-4-7-14(19)10-13-9-12-6-5-8-15(11(2)18)16(12)21-17(13)20;1-3-5-13(18)9-12-8-11-6-4-7-14(10(2)17)15(11)20-16(12)19;1-3-12(17)8-11-7-10-5-4-6-13(9(2)16)14(10)19-15(11)18;/h5-6,8,13,20H,3-4,7,9-10H2,1-2H3;4,6-7,12,19H,3,5,8-9H2,1-2H3;4-6,11,18H,3,7-8H2,1-2H3;1H4. The minimum absolute atomic E-state index is 0. The monoisotopic (exact) mass is 838 g/mol. The first-order valence-electron chi connectivity index (χ1n) is 21.1. The summed E-state index contributed by atoms with van der Waals surface area (Å²) in [5.74, 6) is 0.846. The zero-order chi connectivity index (χ0) is 44.1. The van der Waals surface area contributed by atoms with Gasteiger partial charge in [-0.15, -0.1) is 0 Å². The Labute approximate surface area is 361 Å². The molecular formula is C46H61B3O12. The van der Waals surface area contributed by atoms with E-state index in [2.05, 4.69) is 0 Å². The Morgan fingerprint density at radius 3 is 1.15 bits per heavy atom. The molecular weight excluding hydrogens is 777 g/mol. The Kier molecular flexibility index (Phi) is 19.8. The maximum absolute atomic E-state index is 11.9. The van der Waals surface area contributed by atoms with Crippen LogP contribution in [0, 0.1) is 0 Å². The molecule has 61 heavy (non-hydrogen) atoms. The van der Waals surface area contributed by atoms with Crippen LogP contribution >= 0.6 is 0 Å². The van der Waals surface area contributed by atoms with E-state index in [1.807, 2.05) is 44.2 Å². The van der Waals surface area contributed by atoms with Gasteiger partial charge in [0.05, 0.1) is 16.7 Å². The first-order valence-corrected chi connectivity index (χ1v) is 21.1. The molecule has 3 aliphatic rings. The summed E-state index contributed by atoms with van der Waals surface area (Å²) in [4.78, 5) is 69.7. The van der Waals surface area contributed by atoms with Crippen LogP contribution in [-0.4, -0.2) is 71.1 Å². The van der Waals surface area contributed by atoms with Gasteiger partial charge in [-0.2, -0.15) is 0 Å². The highest BCUT2D eigenvalue weighted by Crippen LogP contribution is 2.39. The molecule has 3 aromatic carbocycles. The van der Waals surface area contributed by atoms with Crippen LogP contribution in [0.5, 0.6) is 17.2 Å². The van der Waals surface area contributed by atoms with Gasteiger partial charge in [0.2, 0.25) is 0 Å². The van der Waals surface area contributed by atoms with Crippen molar-refractivity contribution in [3.63, 3.8) is 0 Å². The molecule has 0 radical (unpaired) electrons. The quantitative estimate of drug-likeness (QED) is 0.0991. The van der Waals surface area contributed by atoms with E-state index < -0.39 is 21.4 Å². The van der Waals surface area contributed by atoms with Crippen LogP contribution in [0.2, 0.25) is 17.5 Å². The molecule has 0 spiro atoms. The van der Waals surface area contributed by atoms with Crippen molar-refractivity contribution in [3.8, 4) is 17.2 Å². The van der Waals surface area contributed by atoms with Gasteiger partial charge in [-0.1, -0.05) is 71.0 Å². The zero-order valence-electron chi connectivity index (χ0n) is 35.7. The van der Waals surface area contributed by atoms with Gasteiger partial charge in [0.25, 0.3) is 0 Å². The van der Waals surface area contributed by atoms with Crippen molar-refractivity contribution < 1.29 is 57.8 Å². The number of para-hydroxylation sites is 3. The summed E-state index contributed by atoms with van der Waals surface area (Å²) in [5.41, 5.74) is 4.12. The summed E-state index contributed by atoms with van der Waals surface area (Å²) >= 11 is 0. The molecule has 3 unspecified atom stereocenters. The number of benzene rings is 3. The molecule has 0 saturated heterocycles. The molecule has 0 aromatic heterocycles. The Morgan fingerprint density at radius 2 is 0.852 bits per heavy atom. The van der Waals surface area contributed by atoms with Crippen molar-refractivity contribution in [2.75, 3.05) is 0 Å². The number of hydrogen-bond acceptors (Lipinski definition) is 12. The molecule has 0 aliphatic carbocycles. The highest BCUT2D eigenvalue weighted by molar-refractivity contribution is 6.48. The molecule has 3 N–H and O–H groups in total. The van der Waals surface area contributed by atoms with Gasteiger partial charge in [0.1, 0.15) is 34.6 Å². The van der Waals surface area contributed by atoms with E-state index >= 15 is 0 Å². The predicted molar refractivity (Wildman–Crippen MR) is 238 cm³/mol. The third-order valence-corrected chi connectivity index (χ3v) is 11.0. The Balaban J connectivity index is 0.000000242. The third-order valence-electron chi connectivity index (χ3n) is 11.0. The van der Waals surface area contributed by atoms with E-state index in [-0.39, 0.29) is 59.6 Å². The van der Waals surface area contributed by atoms with E-state index in [0.717, 1.165) is 36.0 Å².